The van der Waals surface area contributed by atoms with Crippen molar-refractivity contribution in [2.24, 2.45) is 0 Å². The van der Waals surface area contributed by atoms with Crippen LogP contribution >= 0.6 is 0 Å². The molecule has 1 spiro atoms. The van der Waals surface area contributed by atoms with Crippen LogP contribution in [0.2, 0.25) is 0 Å². The Balaban J connectivity index is 1.62. The van der Waals surface area contributed by atoms with Crippen LogP contribution in [-0.4, -0.2) is 36.2 Å². The lowest BCUT2D eigenvalue weighted by Crippen LogP contribution is -2.48. The summed E-state index contributed by atoms with van der Waals surface area (Å²) in [5.41, 5.74) is 2.80. The zero-order valence-corrected chi connectivity index (χ0v) is 13.5. The monoisotopic (exact) mass is 308 g/mol. The molecule has 0 saturated carbocycles. The van der Waals surface area contributed by atoms with Crippen molar-refractivity contribution in [3.63, 3.8) is 0 Å². The first-order valence-corrected chi connectivity index (χ1v) is 8.05. The van der Waals surface area contributed by atoms with Gasteiger partial charge in [-0.25, -0.2) is 0 Å². The van der Waals surface area contributed by atoms with Gasteiger partial charge in [0.15, 0.2) is 5.82 Å². The van der Waals surface area contributed by atoms with Crippen molar-refractivity contribution in [2.75, 3.05) is 29.9 Å². The standard InChI is InChI=1S/C18H20N4O/c1-13-7-8-16(20-19-13)22-11-9-18(10-12-22)14-5-3-4-6-15(14)21(2)17(18)23/h3-8H,9-12H2,1-2H3. The first kappa shape index (κ1) is 14.2. The van der Waals surface area contributed by atoms with Gasteiger partial charge in [-0.3, -0.25) is 4.79 Å². The van der Waals surface area contributed by atoms with E-state index in [4.69, 9.17) is 0 Å². The highest BCUT2D eigenvalue weighted by Gasteiger charge is 2.50. The van der Waals surface area contributed by atoms with Crippen molar-refractivity contribution in [1.29, 1.82) is 0 Å². The molecule has 0 unspecified atom stereocenters. The molecule has 2 aliphatic rings. The van der Waals surface area contributed by atoms with Gasteiger partial charge in [0.2, 0.25) is 5.91 Å². The van der Waals surface area contributed by atoms with Gasteiger partial charge in [-0.05, 0) is 43.5 Å². The summed E-state index contributed by atoms with van der Waals surface area (Å²) in [6.45, 7) is 3.59. The van der Waals surface area contributed by atoms with E-state index in [1.807, 2.05) is 49.2 Å². The molecule has 2 aromatic rings. The summed E-state index contributed by atoms with van der Waals surface area (Å²) in [5, 5.41) is 8.42. The Morgan fingerprint density at radius 2 is 1.78 bits per heavy atom. The molecule has 118 valence electrons. The highest BCUT2D eigenvalue weighted by molar-refractivity contribution is 6.07. The van der Waals surface area contributed by atoms with Crippen LogP contribution < -0.4 is 9.80 Å². The molecular formula is C18H20N4O. The molecule has 1 fully saturated rings. The molecule has 5 heteroatoms. The third kappa shape index (κ3) is 2.03. The molecule has 1 aromatic carbocycles. The first-order valence-electron chi connectivity index (χ1n) is 8.05. The van der Waals surface area contributed by atoms with Gasteiger partial charge < -0.3 is 9.80 Å². The maximum atomic E-state index is 12.9. The minimum atomic E-state index is -0.361. The van der Waals surface area contributed by atoms with E-state index in [2.05, 4.69) is 21.2 Å². The number of amides is 1. The molecule has 4 rings (SSSR count). The predicted octanol–water partition coefficient (Wildman–Crippen LogP) is 2.30. The molecule has 0 bridgehead atoms. The number of nitrogens with zero attached hydrogens (tertiary/aromatic N) is 4. The zero-order valence-electron chi connectivity index (χ0n) is 13.5. The van der Waals surface area contributed by atoms with Crippen LogP contribution in [0.4, 0.5) is 11.5 Å². The van der Waals surface area contributed by atoms with Crippen LogP contribution in [0, 0.1) is 6.92 Å². The van der Waals surface area contributed by atoms with E-state index >= 15 is 0 Å². The maximum Gasteiger partial charge on any atom is 0.237 e. The van der Waals surface area contributed by atoms with Crippen molar-refractivity contribution in [2.45, 2.75) is 25.2 Å². The van der Waals surface area contributed by atoms with Gasteiger partial charge in [0.05, 0.1) is 11.1 Å². The molecule has 2 aliphatic heterocycles. The number of para-hydroxylation sites is 1. The fraction of sp³-hybridized carbons (Fsp3) is 0.389. The van der Waals surface area contributed by atoms with Crippen molar-refractivity contribution < 1.29 is 4.79 Å². The van der Waals surface area contributed by atoms with Gasteiger partial charge >= 0.3 is 0 Å². The van der Waals surface area contributed by atoms with Crippen molar-refractivity contribution in [3.8, 4) is 0 Å². The van der Waals surface area contributed by atoms with E-state index < -0.39 is 0 Å². The number of likely N-dealkylation sites (N-methyl/N-ethyl adjacent to an activating group) is 1. The maximum absolute atomic E-state index is 12.9. The number of fused-ring (bicyclic) bond motifs is 2. The van der Waals surface area contributed by atoms with E-state index in [0.717, 1.165) is 43.1 Å². The molecule has 0 atom stereocenters. The summed E-state index contributed by atoms with van der Waals surface area (Å²) in [6.07, 6.45) is 1.64. The summed E-state index contributed by atoms with van der Waals surface area (Å²) in [7, 11) is 1.88. The van der Waals surface area contributed by atoms with Gasteiger partial charge in [-0.15, -0.1) is 5.10 Å². The van der Waals surface area contributed by atoms with E-state index in [1.165, 1.54) is 5.56 Å². The van der Waals surface area contributed by atoms with E-state index in [9.17, 15) is 4.79 Å². The van der Waals surface area contributed by atoms with Crippen LogP contribution in [0.15, 0.2) is 36.4 Å². The topological polar surface area (TPSA) is 49.3 Å². The third-order valence-electron chi connectivity index (χ3n) is 5.22. The molecule has 1 saturated heterocycles. The van der Waals surface area contributed by atoms with E-state index in [-0.39, 0.29) is 11.3 Å². The molecule has 1 aromatic heterocycles. The summed E-state index contributed by atoms with van der Waals surface area (Å²) in [4.78, 5) is 17.0. The van der Waals surface area contributed by atoms with Gasteiger partial charge in [0.25, 0.3) is 0 Å². The van der Waals surface area contributed by atoms with Gasteiger partial charge in [-0.2, -0.15) is 5.10 Å². The summed E-state index contributed by atoms with van der Waals surface area (Å²) in [5.74, 6) is 1.13. The van der Waals surface area contributed by atoms with E-state index in [1.54, 1.807) is 0 Å². The minimum Gasteiger partial charge on any atom is -0.355 e. The second kappa shape index (κ2) is 5.05. The summed E-state index contributed by atoms with van der Waals surface area (Å²) >= 11 is 0. The number of piperidine rings is 1. The number of carbonyl (C=O) groups excluding carboxylic acids is 1. The Hall–Kier alpha value is -2.43. The van der Waals surface area contributed by atoms with E-state index in [0.29, 0.717) is 0 Å². The first-order chi connectivity index (χ1) is 11.1. The summed E-state index contributed by atoms with van der Waals surface area (Å²) < 4.78 is 0. The highest BCUT2D eigenvalue weighted by Crippen LogP contribution is 2.47. The smallest absolute Gasteiger partial charge is 0.237 e. The number of aromatic nitrogens is 2. The average molecular weight is 308 g/mol. The Morgan fingerprint density at radius 1 is 1.04 bits per heavy atom. The largest absolute Gasteiger partial charge is 0.355 e. The normalized spacial score (nSPS) is 19.3. The number of benzene rings is 1. The SMILES string of the molecule is Cc1ccc(N2CCC3(CC2)C(=O)N(C)c2ccccc23)nn1. The van der Waals surface area contributed by atoms with Gasteiger partial charge in [0.1, 0.15) is 0 Å². The molecule has 0 aliphatic carbocycles. The molecule has 0 radical (unpaired) electrons. The number of rotatable bonds is 1. The fourth-order valence-corrected chi connectivity index (χ4v) is 3.88. The Labute approximate surface area is 135 Å². The highest BCUT2D eigenvalue weighted by atomic mass is 16.2. The number of hydrogen-bond acceptors (Lipinski definition) is 4. The Kier molecular flexibility index (Phi) is 3.11. The fourth-order valence-electron chi connectivity index (χ4n) is 3.88. The van der Waals surface area contributed by atoms with Crippen molar-refractivity contribution in [3.05, 3.63) is 47.7 Å². The molecular weight excluding hydrogens is 288 g/mol. The van der Waals surface area contributed by atoms with Crippen LogP contribution in [-0.2, 0) is 10.2 Å². The van der Waals surface area contributed by atoms with Crippen LogP contribution in [0.5, 0.6) is 0 Å². The quantitative estimate of drug-likeness (QED) is 0.811. The van der Waals surface area contributed by atoms with Crippen LogP contribution in [0.25, 0.3) is 0 Å². The van der Waals surface area contributed by atoms with Crippen molar-refractivity contribution >= 4 is 17.4 Å². The zero-order chi connectivity index (χ0) is 16.0. The lowest BCUT2D eigenvalue weighted by Gasteiger charge is -2.38. The number of aryl methyl sites for hydroxylation is 1. The second-order valence-electron chi connectivity index (χ2n) is 6.48. The number of carbonyl (C=O) groups is 1. The lowest BCUT2D eigenvalue weighted by molar-refractivity contribution is -0.123. The minimum absolute atomic E-state index is 0.230. The van der Waals surface area contributed by atoms with Gasteiger partial charge in [0, 0.05) is 25.8 Å². The molecule has 23 heavy (non-hydrogen) atoms. The molecule has 0 N–H and O–H groups in total. The predicted molar refractivity (Wildman–Crippen MR) is 89.7 cm³/mol. The Bertz CT molecular complexity index is 748. The Morgan fingerprint density at radius 3 is 2.48 bits per heavy atom. The molecule has 3 heterocycles. The summed E-state index contributed by atoms with van der Waals surface area (Å²) in [6, 6.07) is 12.2. The van der Waals surface area contributed by atoms with Crippen LogP contribution in [0.1, 0.15) is 24.1 Å². The average Bonchev–Trinajstić information content (AvgIpc) is 2.80. The number of hydrogen-bond donors (Lipinski definition) is 0. The second-order valence-corrected chi connectivity index (χ2v) is 6.48. The number of anilines is 2. The molecule has 5 nitrogen and oxygen atoms in total. The lowest BCUT2D eigenvalue weighted by atomic mass is 9.73. The van der Waals surface area contributed by atoms with Gasteiger partial charge in [-0.1, -0.05) is 18.2 Å². The van der Waals surface area contributed by atoms with Crippen LogP contribution in [0.3, 0.4) is 0 Å². The third-order valence-corrected chi connectivity index (χ3v) is 5.22. The van der Waals surface area contributed by atoms with Crippen molar-refractivity contribution in [1.82, 2.24) is 10.2 Å². The molecule has 1 amide bonds.